The summed E-state index contributed by atoms with van der Waals surface area (Å²) in [5.41, 5.74) is -0.744. The summed E-state index contributed by atoms with van der Waals surface area (Å²) in [4.78, 5) is 77.7. The fourth-order valence-corrected chi connectivity index (χ4v) is 5.52. The van der Waals surface area contributed by atoms with Crippen LogP contribution in [0.15, 0.2) is 64.2 Å². The van der Waals surface area contributed by atoms with Gasteiger partial charge in [-0.25, -0.2) is 19.0 Å². The lowest BCUT2D eigenvalue weighted by Crippen LogP contribution is -2.44. The smallest absolute Gasteiger partial charge is 0.337 e. The Morgan fingerprint density at radius 2 is 1.65 bits per heavy atom. The topological polar surface area (TPSA) is 157 Å². The summed E-state index contributed by atoms with van der Waals surface area (Å²) in [7, 11) is 2.86. The number of aromatic carboxylic acids is 1. The number of aryl methyl sites for hydroxylation is 1. The van der Waals surface area contributed by atoms with Crippen molar-refractivity contribution in [1.82, 2.24) is 19.4 Å². The van der Waals surface area contributed by atoms with Crippen LogP contribution in [0.2, 0.25) is 10.0 Å². The molecular formula is C32H30Cl2N4O8. The molecule has 12 nitrogen and oxygen atoms in total. The molecule has 0 aliphatic rings. The molecule has 1 heterocycles. The third-order valence-electron chi connectivity index (χ3n) is 7.03. The lowest BCUT2D eigenvalue weighted by molar-refractivity contribution is -0.149. The summed E-state index contributed by atoms with van der Waals surface area (Å²) in [6.07, 6.45) is 0.0883. The molecule has 2 amide bonds. The number of benzene rings is 3. The summed E-state index contributed by atoms with van der Waals surface area (Å²) in [5, 5.41) is 12.7. The molecule has 0 spiro atoms. The summed E-state index contributed by atoms with van der Waals surface area (Å²) in [6, 6.07) is 12.3. The molecule has 2 N–H and O–H groups in total. The average Bonchev–Trinajstić information content (AvgIpc) is 2.99. The molecule has 0 saturated heterocycles. The highest BCUT2D eigenvalue weighted by molar-refractivity contribution is 6.39. The molecule has 0 unspecified atom stereocenters. The Labute approximate surface area is 272 Å². The van der Waals surface area contributed by atoms with Gasteiger partial charge in [-0.05, 0) is 61.4 Å². The number of ether oxygens (including phenoxy) is 1. The van der Waals surface area contributed by atoms with E-state index in [1.807, 2.05) is 0 Å². The highest BCUT2D eigenvalue weighted by Gasteiger charge is 2.27. The average molecular weight is 670 g/mol. The van der Waals surface area contributed by atoms with Crippen LogP contribution in [0.5, 0.6) is 0 Å². The second kappa shape index (κ2) is 14.0. The second-order valence-corrected chi connectivity index (χ2v) is 11.6. The van der Waals surface area contributed by atoms with Crippen molar-refractivity contribution in [3.63, 3.8) is 0 Å². The van der Waals surface area contributed by atoms with Gasteiger partial charge >= 0.3 is 17.6 Å². The van der Waals surface area contributed by atoms with Crippen LogP contribution in [0.25, 0.3) is 16.6 Å². The van der Waals surface area contributed by atoms with Crippen molar-refractivity contribution in [2.75, 3.05) is 7.05 Å². The zero-order valence-corrected chi connectivity index (χ0v) is 26.8. The first-order valence-corrected chi connectivity index (χ1v) is 14.7. The van der Waals surface area contributed by atoms with Crippen LogP contribution in [-0.4, -0.2) is 62.6 Å². The van der Waals surface area contributed by atoms with Gasteiger partial charge in [0, 0.05) is 27.1 Å². The SMILES string of the molecule is CC(C)OC(=O)[C@H](Cc1ccc(-n2c(=O)c3cc(CN(C)C=O)cc(C(=O)O)c3n(C)c2=O)cc1)NC(=O)c1c(Cl)cccc1Cl. The normalized spacial score (nSPS) is 11.7. The number of halogens is 2. The molecule has 0 saturated carbocycles. The summed E-state index contributed by atoms with van der Waals surface area (Å²) in [5.74, 6) is -2.71. The predicted molar refractivity (Wildman–Crippen MR) is 172 cm³/mol. The Hall–Kier alpha value is -4.94. The lowest BCUT2D eigenvalue weighted by atomic mass is 10.0. The Morgan fingerprint density at radius 1 is 1.02 bits per heavy atom. The zero-order chi connectivity index (χ0) is 33.9. The number of carboxylic acids is 1. The van der Waals surface area contributed by atoms with E-state index in [0.29, 0.717) is 17.5 Å². The molecule has 0 fully saturated rings. The number of carbonyl (C=O) groups excluding carboxylic acids is 3. The monoisotopic (exact) mass is 668 g/mol. The number of rotatable bonds is 11. The van der Waals surface area contributed by atoms with Crippen molar-refractivity contribution in [1.29, 1.82) is 0 Å². The van der Waals surface area contributed by atoms with Gasteiger partial charge in [0.05, 0.1) is 43.9 Å². The van der Waals surface area contributed by atoms with Crippen LogP contribution in [0.4, 0.5) is 0 Å². The molecule has 240 valence electrons. The van der Waals surface area contributed by atoms with E-state index in [1.54, 1.807) is 32.0 Å². The van der Waals surface area contributed by atoms with Crippen molar-refractivity contribution in [2.45, 2.75) is 39.0 Å². The minimum absolute atomic E-state index is 0.00192. The van der Waals surface area contributed by atoms with Crippen molar-refractivity contribution < 1.29 is 29.0 Å². The number of esters is 1. The number of aromatic nitrogens is 2. The van der Waals surface area contributed by atoms with E-state index in [4.69, 9.17) is 27.9 Å². The summed E-state index contributed by atoms with van der Waals surface area (Å²) >= 11 is 12.4. The number of hydrogen-bond donors (Lipinski definition) is 2. The van der Waals surface area contributed by atoms with Crippen LogP contribution in [0.1, 0.15) is 45.7 Å². The zero-order valence-electron chi connectivity index (χ0n) is 25.2. The van der Waals surface area contributed by atoms with E-state index in [-0.39, 0.29) is 50.7 Å². The standard InChI is InChI=1S/C32H30Cl2N4O8/c1-17(2)46-31(44)25(35-28(40)26-23(33)6-5-7-24(26)34)14-18-8-10-20(11-9-18)38-29(41)21-12-19(15-36(3)16-39)13-22(30(42)43)27(21)37(4)32(38)45/h5-13,16-17,25H,14-15H2,1-4H3,(H,35,40)(H,42,43)/t25-/m0/s1. The number of carbonyl (C=O) groups is 4. The summed E-state index contributed by atoms with van der Waals surface area (Å²) in [6.45, 7) is 3.37. The number of nitrogens with zero attached hydrogens (tertiary/aromatic N) is 3. The molecule has 0 bridgehead atoms. The third-order valence-corrected chi connectivity index (χ3v) is 7.65. The minimum Gasteiger partial charge on any atom is -0.478 e. The third kappa shape index (κ3) is 7.13. The lowest BCUT2D eigenvalue weighted by Gasteiger charge is -2.20. The molecule has 1 aromatic heterocycles. The maximum Gasteiger partial charge on any atom is 0.337 e. The van der Waals surface area contributed by atoms with Gasteiger partial charge in [-0.2, -0.15) is 0 Å². The van der Waals surface area contributed by atoms with Crippen molar-refractivity contribution >= 4 is 58.4 Å². The maximum atomic E-state index is 13.7. The number of carboxylic acid groups (broad SMARTS) is 1. The highest BCUT2D eigenvalue weighted by atomic mass is 35.5. The molecule has 14 heteroatoms. The van der Waals surface area contributed by atoms with Gasteiger partial charge < -0.3 is 20.1 Å². The van der Waals surface area contributed by atoms with E-state index in [1.165, 1.54) is 55.4 Å². The fraction of sp³-hybridized carbons (Fsp3) is 0.250. The van der Waals surface area contributed by atoms with Gasteiger partial charge in [0.2, 0.25) is 6.41 Å². The Kier molecular flexibility index (Phi) is 10.3. The van der Waals surface area contributed by atoms with Crippen LogP contribution in [-0.2, 0) is 34.3 Å². The molecule has 1 atom stereocenters. The predicted octanol–water partition coefficient (Wildman–Crippen LogP) is 3.58. The Morgan fingerprint density at radius 3 is 2.22 bits per heavy atom. The quantitative estimate of drug-likeness (QED) is 0.181. The van der Waals surface area contributed by atoms with Crippen LogP contribution < -0.4 is 16.6 Å². The van der Waals surface area contributed by atoms with Crippen molar-refractivity contribution in [2.24, 2.45) is 7.05 Å². The first-order valence-electron chi connectivity index (χ1n) is 14.0. The van der Waals surface area contributed by atoms with E-state index >= 15 is 0 Å². The van der Waals surface area contributed by atoms with Gasteiger partial charge in [-0.1, -0.05) is 41.4 Å². The first-order chi connectivity index (χ1) is 21.7. The van der Waals surface area contributed by atoms with Gasteiger partial charge in [-0.15, -0.1) is 0 Å². The maximum absolute atomic E-state index is 13.7. The largest absolute Gasteiger partial charge is 0.478 e. The van der Waals surface area contributed by atoms with E-state index < -0.39 is 41.2 Å². The van der Waals surface area contributed by atoms with Gasteiger partial charge in [-0.3, -0.25) is 19.0 Å². The molecule has 0 aliphatic heterocycles. The molecule has 46 heavy (non-hydrogen) atoms. The summed E-state index contributed by atoms with van der Waals surface area (Å²) < 4.78 is 7.33. The van der Waals surface area contributed by atoms with E-state index in [9.17, 15) is 33.9 Å². The highest BCUT2D eigenvalue weighted by Crippen LogP contribution is 2.25. The number of amides is 2. The molecule has 4 rings (SSSR count). The van der Waals surface area contributed by atoms with Gasteiger partial charge in [0.15, 0.2) is 0 Å². The fourth-order valence-electron chi connectivity index (χ4n) is 4.95. The number of hydrogen-bond acceptors (Lipinski definition) is 7. The first kappa shape index (κ1) is 33.9. The van der Waals surface area contributed by atoms with Gasteiger partial charge in [0.1, 0.15) is 6.04 Å². The van der Waals surface area contributed by atoms with Crippen LogP contribution >= 0.6 is 23.2 Å². The van der Waals surface area contributed by atoms with E-state index in [2.05, 4.69) is 5.32 Å². The van der Waals surface area contributed by atoms with E-state index in [0.717, 1.165) is 9.13 Å². The minimum atomic E-state index is -1.34. The van der Waals surface area contributed by atoms with Crippen molar-refractivity contribution in [3.8, 4) is 5.69 Å². The van der Waals surface area contributed by atoms with Gasteiger partial charge in [0.25, 0.3) is 11.5 Å². The number of fused-ring (bicyclic) bond motifs is 1. The Balaban J connectivity index is 1.73. The number of nitrogens with one attached hydrogen (secondary N) is 1. The van der Waals surface area contributed by atoms with Crippen LogP contribution in [0, 0.1) is 0 Å². The molecule has 0 aliphatic carbocycles. The second-order valence-electron chi connectivity index (χ2n) is 10.8. The Bertz CT molecular complexity index is 1950. The molecule has 0 radical (unpaired) electrons. The molecule has 3 aromatic carbocycles. The van der Waals surface area contributed by atoms with Crippen LogP contribution in [0.3, 0.4) is 0 Å². The van der Waals surface area contributed by atoms with Crippen molar-refractivity contribution in [3.05, 3.63) is 108 Å². The molecular weight excluding hydrogens is 639 g/mol. The molecule has 4 aromatic rings.